The maximum Gasteiger partial charge on any atom is 0.0729 e. The Balaban J connectivity index is 2.21. The quantitative estimate of drug-likeness (QED) is 0.695. The molecule has 0 saturated carbocycles. The molecule has 1 aromatic carbocycles. The Bertz CT molecular complexity index is 567. The summed E-state index contributed by atoms with van der Waals surface area (Å²) >= 11 is 14.8. The van der Waals surface area contributed by atoms with E-state index in [0.29, 0.717) is 11.6 Å². The molecule has 0 saturated heterocycles. The third-order valence-electron chi connectivity index (χ3n) is 2.72. The first-order valence-electron chi connectivity index (χ1n) is 5.68. The van der Waals surface area contributed by atoms with E-state index in [1.165, 1.54) is 9.75 Å². The number of hydrogen-bond acceptors (Lipinski definition) is 3. The molecule has 0 aliphatic heterocycles. The van der Waals surface area contributed by atoms with Crippen LogP contribution in [0.25, 0.3) is 0 Å². The van der Waals surface area contributed by atoms with E-state index >= 15 is 0 Å². The van der Waals surface area contributed by atoms with Gasteiger partial charge in [0.05, 0.1) is 11.1 Å². The van der Waals surface area contributed by atoms with Gasteiger partial charge in [0.2, 0.25) is 0 Å². The molecule has 0 aliphatic rings. The zero-order chi connectivity index (χ0) is 14.0. The van der Waals surface area contributed by atoms with E-state index in [9.17, 15) is 0 Å². The van der Waals surface area contributed by atoms with E-state index in [1.807, 2.05) is 18.2 Å². The SMILES string of the molecule is Cc1sc(C(CN)Nc2ccc(Br)c(Cl)c2)cc1Br. The van der Waals surface area contributed by atoms with Crippen LogP contribution >= 0.6 is 54.8 Å². The van der Waals surface area contributed by atoms with Crippen LogP contribution in [0.4, 0.5) is 5.69 Å². The van der Waals surface area contributed by atoms with Crippen LogP contribution in [0.2, 0.25) is 5.02 Å². The molecule has 2 rings (SSSR count). The second-order valence-corrected chi connectivity index (χ2v) is 7.52. The normalized spacial score (nSPS) is 12.5. The van der Waals surface area contributed by atoms with Crippen LogP contribution in [0.15, 0.2) is 33.2 Å². The number of anilines is 1. The predicted octanol–water partition coefficient (Wildman–Crippen LogP) is 5.35. The van der Waals surface area contributed by atoms with E-state index in [1.54, 1.807) is 11.3 Å². The molecule has 1 atom stereocenters. The standard InChI is InChI=1S/C13H13Br2ClN2S/c1-7-10(15)5-13(19-7)12(6-17)18-8-2-3-9(14)11(16)4-8/h2-5,12,18H,6,17H2,1H3. The highest BCUT2D eigenvalue weighted by Crippen LogP contribution is 2.33. The summed E-state index contributed by atoms with van der Waals surface area (Å²) in [6, 6.07) is 8.00. The molecule has 0 aliphatic carbocycles. The van der Waals surface area contributed by atoms with Crippen molar-refractivity contribution < 1.29 is 0 Å². The Labute approximate surface area is 138 Å². The van der Waals surface area contributed by atoms with Crippen LogP contribution in [-0.2, 0) is 0 Å². The molecule has 1 unspecified atom stereocenters. The van der Waals surface area contributed by atoms with Crippen molar-refractivity contribution in [3.05, 3.63) is 48.0 Å². The van der Waals surface area contributed by atoms with Crippen LogP contribution in [-0.4, -0.2) is 6.54 Å². The summed E-state index contributed by atoms with van der Waals surface area (Å²) in [5, 5.41) is 4.10. The lowest BCUT2D eigenvalue weighted by Crippen LogP contribution is -2.19. The van der Waals surface area contributed by atoms with E-state index in [0.717, 1.165) is 14.6 Å². The fourth-order valence-electron chi connectivity index (χ4n) is 1.69. The third-order valence-corrected chi connectivity index (χ3v) is 6.20. The monoisotopic (exact) mass is 422 g/mol. The van der Waals surface area contributed by atoms with Gasteiger partial charge in [-0.2, -0.15) is 0 Å². The minimum atomic E-state index is 0.0900. The second-order valence-electron chi connectivity index (χ2n) is 4.11. The van der Waals surface area contributed by atoms with Crippen molar-refractivity contribution in [1.29, 1.82) is 0 Å². The van der Waals surface area contributed by atoms with Gasteiger partial charge in [0.25, 0.3) is 0 Å². The van der Waals surface area contributed by atoms with Crippen LogP contribution in [0.3, 0.4) is 0 Å². The number of aryl methyl sites for hydroxylation is 1. The first-order valence-corrected chi connectivity index (χ1v) is 8.46. The highest BCUT2D eigenvalue weighted by Gasteiger charge is 2.14. The third kappa shape index (κ3) is 3.73. The van der Waals surface area contributed by atoms with Gasteiger partial charge in [-0.05, 0) is 63.0 Å². The largest absolute Gasteiger partial charge is 0.376 e. The summed E-state index contributed by atoms with van der Waals surface area (Å²) in [6.45, 7) is 2.61. The van der Waals surface area contributed by atoms with E-state index in [4.69, 9.17) is 17.3 Å². The molecule has 0 amide bonds. The van der Waals surface area contributed by atoms with Crippen molar-refractivity contribution in [3.63, 3.8) is 0 Å². The minimum absolute atomic E-state index is 0.0900. The topological polar surface area (TPSA) is 38.0 Å². The van der Waals surface area contributed by atoms with Crippen molar-refractivity contribution in [2.75, 3.05) is 11.9 Å². The second kappa shape index (κ2) is 6.59. The van der Waals surface area contributed by atoms with Gasteiger partial charge >= 0.3 is 0 Å². The van der Waals surface area contributed by atoms with Crippen molar-refractivity contribution in [1.82, 2.24) is 0 Å². The summed E-state index contributed by atoms with van der Waals surface area (Å²) in [7, 11) is 0. The number of benzene rings is 1. The molecule has 19 heavy (non-hydrogen) atoms. The Morgan fingerprint density at radius 2 is 2.05 bits per heavy atom. The zero-order valence-corrected chi connectivity index (χ0v) is 15.0. The summed E-state index contributed by atoms with van der Waals surface area (Å²) in [4.78, 5) is 2.47. The Hall–Kier alpha value is -0.0700. The molecule has 0 bridgehead atoms. The average Bonchev–Trinajstić information content (AvgIpc) is 2.71. The number of rotatable bonds is 4. The molecule has 2 nitrogen and oxygen atoms in total. The van der Waals surface area contributed by atoms with Gasteiger partial charge in [0.15, 0.2) is 0 Å². The summed E-state index contributed by atoms with van der Waals surface area (Å²) in [5.74, 6) is 0. The maximum absolute atomic E-state index is 6.09. The molecule has 1 aromatic heterocycles. The van der Waals surface area contributed by atoms with Crippen molar-refractivity contribution in [3.8, 4) is 0 Å². The predicted molar refractivity (Wildman–Crippen MR) is 91.3 cm³/mol. The van der Waals surface area contributed by atoms with Crippen molar-refractivity contribution in [2.45, 2.75) is 13.0 Å². The Morgan fingerprint density at radius 3 is 2.58 bits per heavy atom. The molecule has 0 fully saturated rings. The minimum Gasteiger partial charge on any atom is -0.376 e. The fourth-order valence-corrected chi connectivity index (χ4v) is 3.74. The zero-order valence-electron chi connectivity index (χ0n) is 10.2. The summed E-state index contributed by atoms with van der Waals surface area (Å²) in [6.07, 6.45) is 0. The molecule has 0 spiro atoms. The smallest absolute Gasteiger partial charge is 0.0729 e. The highest BCUT2D eigenvalue weighted by atomic mass is 79.9. The van der Waals surface area contributed by atoms with Gasteiger partial charge in [-0.1, -0.05) is 11.6 Å². The first kappa shape index (κ1) is 15.3. The number of hydrogen-bond donors (Lipinski definition) is 2. The van der Waals surface area contributed by atoms with Gasteiger partial charge in [-0.25, -0.2) is 0 Å². The number of halogens is 3. The lowest BCUT2D eigenvalue weighted by atomic mass is 10.2. The van der Waals surface area contributed by atoms with Gasteiger partial charge < -0.3 is 11.1 Å². The van der Waals surface area contributed by atoms with Gasteiger partial charge in [0.1, 0.15) is 0 Å². The first-order chi connectivity index (χ1) is 9.01. The van der Waals surface area contributed by atoms with Crippen LogP contribution in [0.5, 0.6) is 0 Å². The molecule has 6 heteroatoms. The molecule has 2 aromatic rings. The summed E-state index contributed by atoms with van der Waals surface area (Å²) in [5.41, 5.74) is 6.83. The van der Waals surface area contributed by atoms with E-state index < -0.39 is 0 Å². The molecule has 0 radical (unpaired) electrons. The van der Waals surface area contributed by atoms with Crippen LogP contribution < -0.4 is 11.1 Å². The van der Waals surface area contributed by atoms with Crippen molar-refractivity contribution in [2.24, 2.45) is 5.73 Å². The van der Waals surface area contributed by atoms with E-state index in [2.05, 4.69) is 50.2 Å². The number of nitrogens with two attached hydrogens (primary N) is 1. The van der Waals surface area contributed by atoms with Gasteiger partial charge in [-0.15, -0.1) is 11.3 Å². The Morgan fingerprint density at radius 1 is 1.32 bits per heavy atom. The van der Waals surface area contributed by atoms with Gasteiger partial charge in [0, 0.05) is 30.9 Å². The van der Waals surface area contributed by atoms with E-state index in [-0.39, 0.29) is 6.04 Å². The average molecular weight is 425 g/mol. The lowest BCUT2D eigenvalue weighted by Gasteiger charge is -2.17. The molecule has 102 valence electrons. The molecule has 3 N–H and O–H groups in total. The lowest BCUT2D eigenvalue weighted by molar-refractivity contribution is 0.805. The fraction of sp³-hybridized carbons (Fsp3) is 0.231. The molecular formula is C13H13Br2ClN2S. The Kier molecular flexibility index (Phi) is 5.31. The highest BCUT2D eigenvalue weighted by molar-refractivity contribution is 9.10. The van der Waals surface area contributed by atoms with Crippen molar-refractivity contribution >= 4 is 60.5 Å². The number of thiophene rings is 1. The number of nitrogens with one attached hydrogen (secondary N) is 1. The molecule has 1 heterocycles. The van der Waals surface area contributed by atoms with Crippen LogP contribution in [0.1, 0.15) is 15.8 Å². The van der Waals surface area contributed by atoms with Crippen LogP contribution in [0, 0.1) is 6.92 Å². The molecular weight excluding hydrogens is 411 g/mol. The van der Waals surface area contributed by atoms with Gasteiger partial charge in [-0.3, -0.25) is 0 Å². The summed E-state index contributed by atoms with van der Waals surface area (Å²) < 4.78 is 2.01. The maximum atomic E-state index is 6.09.